The van der Waals surface area contributed by atoms with Crippen LogP contribution >= 0.6 is 0 Å². The molecule has 3 rings (SSSR count). The fourth-order valence-electron chi connectivity index (χ4n) is 3.74. The highest BCUT2D eigenvalue weighted by atomic mass is 16.5. The molecule has 2 heterocycles. The lowest BCUT2D eigenvalue weighted by Crippen LogP contribution is -2.45. The van der Waals surface area contributed by atoms with Gasteiger partial charge in [0.15, 0.2) is 5.78 Å². The van der Waals surface area contributed by atoms with E-state index < -0.39 is 17.6 Å². The lowest BCUT2D eigenvalue weighted by molar-refractivity contribution is -0.153. The number of ketones is 1. The largest absolute Gasteiger partial charge is 0.486 e. The summed E-state index contributed by atoms with van der Waals surface area (Å²) in [6.45, 7) is 6.01. The van der Waals surface area contributed by atoms with Gasteiger partial charge in [-0.1, -0.05) is 11.6 Å². The van der Waals surface area contributed by atoms with Gasteiger partial charge in [0.25, 0.3) is 0 Å². The van der Waals surface area contributed by atoms with Crippen molar-refractivity contribution < 1.29 is 23.9 Å². The van der Waals surface area contributed by atoms with Crippen LogP contribution in [0.1, 0.15) is 55.5 Å². The predicted molar refractivity (Wildman–Crippen MR) is 95.1 cm³/mol. The van der Waals surface area contributed by atoms with Crippen LogP contribution in [0.3, 0.4) is 0 Å². The second-order valence-corrected chi connectivity index (χ2v) is 7.15. The molecule has 2 atom stereocenters. The normalized spacial score (nSPS) is 23.9. The Hall–Kier alpha value is -2.37. The molecular weight excluding hydrogens is 334 g/mol. The Bertz CT molecular complexity index is 744. The van der Waals surface area contributed by atoms with E-state index in [0.29, 0.717) is 30.7 Å². The molecule has 1 spiro atoms. The first-order valence-corrected chi connectivity index (χ1v) is 9.14. The van der Waals surface area contributed by atoms with E-state index in [2.05, 4.69) is 0 Å². The van der Waals surface area contributed by atoms with E-state index in [4.69, 9.17) is 9.47 Å². The van der Waals surface area contributed by atoms with Crippen molar-refractivity contribution in [2.24, 2.45) is 0 Å². The maximum Gasteiger partial charge on any atom is 0.328 e. The zero-order valence-electron chi connectivity index (χ0n) is 15.5. The van der Waals surface area contributed by atoms with E-state index in [-0.39, 0.29) is 31.1 Å². The Morgan fingerprint density at radius 3 is 2.85 bits per heavy atom. The van der Waals surface area contributed by atoms with E-state index in [1.807, 2.05) is 25.1 Å². The summed E-state index contributed by atoms with van der Waals surface area (Å²) < 4.78 is 11.3. The number of carbonyl (C=O) groups excluding carboxylic acids is 3. The molecule has 2 unspecified atom stereocenters. The molecule has 1 amide bonds. The van der Waals surface area contributed by atoms with Gasteiger partial charge in [0.05, 0.1) is 18.6 Å². The number of amides is 1. The third-order valence-corrected chi connectivity index (χ3v) is 5.26. The molecule has 1 saturated heterocycles. The Balaban J connectivity index is 1.79. The number of ether oxygens (including phenoxy) is 2. The van der Waals surface area contributed by atoms with Crippen molar-refractivity contribution in [1.82, 2.24) is 4.90 Å². The fraction of sp³-hybridized carbons (Fsp3) is 0.550. The monoisotopic (exact) mass is 359 g/mol. The van der Waals surface area contributed by atoms with Crippen molar-refractivity contribution in [3.8, 4) is 5.75 Å². The summed E-state index contributed by atoms with van der Waals surface area (Å²) in [6.07, 6.45) is 1.50. The van der Waals surface area contributed by atoms with E-state index >= 15 is 0 Å². The molecule has 2 aliphatic rings. The SMILES string of the molecule is CCOC(=O)C(C)N1CCC2(CCC1=O)CC(=O)c1cc(C)ccc1O2. The Kier molecular flexibility index (Phi) is 5.03. The number of likely N-dealkylation sites (tertiary alicyclic amines) is 1. The molecule has 0 aromatic heterocycles. The Labute approximate surface area is 153 Å². The van der Waals surface area contributed by atoms with Crippen LogP contribution in [-0.2, 0) is 14.3 Å². The van der Waals surface area contributed by atoms with E-state index in [9.17, 15) is 14.4 Å². The zero-order chi connectivity index (χ0) is 18.9. The van der Waals surface area contributed by atoms with Crippen LogP contribution in [0.5, 0.6) is 5.75 Å². The highest BCUT2D eigenvalue weighted by molar-refractivity contribution is 6.00. The van der Waals surface area contributed by atoms with Crippen molar-refractivity contribution in [1.29, 1.82) is 0 Å². The predicted octanol–water partition coefficient (Wildman–Crippen LogP) is 2.66. The van der Waals surface area contributed by atoms with Crippen LogP contribution in [0.4, 0.5) is 0 Å². The lowest BCUT2D eigenvalue weighted by atomic mass is 9.84. The number of rotatable bonds is 3. The first-order chi connectivity index (χ1) is 12.3. The van der Waals surface area contributed by atoms with Gasteiger partial charge in [0, 0.05) is 19.4 Å². The third kappa shape index (κ3) is 3.45. The highest BCUT2D eigenvalue weighted by Crippen LogP contribution is 2.40. The maximum atomic E-state index is 12.7. The number of hydrogen-bond donors (Lipinski definition) is 0. The molecule has 6 heteroatoms. The molecule has 2 aliphatic heterocycles. The zero-order valence-corrected chi connectivity index (χ0v) is 15.5. The van der Waals surface area contributed by atoms with Gasteiger partial charge in [0.1, 0.15) is 17.4 Å². The topological polar surface area (TPSA) is 72.9 Å². The number of esters is 1. The molecule has 6 nitrogen and oxygen atoms in total. The van der Waals surface area contributed by atoms with Crippen LogP contribution in [0.25, 0.3) is 0 Å². The number of Topliss-reactive ketones (excluding diaryl/α,β-unsaturated/α-hetero) is 1. The van der Waals surface area contributed by atoms with Gasteiger partial charge in [-0.3, -0.25) is 9.59 Å². The summed E-state index contributed by atoms with van der Waals surface area (Å²) in [6, 6.07) is 4.96. The quantitative estimate of drug-likeness (QED) is 0.776. The van der Waals surface area contributed by atoms with Crippen LogP contribution < -0.4 is 4.74 Å². The summed E-state index contributed by atoms with van der Waals surface area (Å²) in [7, 11) is 0. The minimum Gasteiger partial charge on any atom is -0.486 e. The molecule has 0 N–H and O–H groups in total. The summed E-state index contributed by atoms with van der Waals surface area (Å²) in [5.41, 5.74) is 0.947. The van der Waals surface area contributed by atoms with E-state index in [1.165, 1.54) is 0 Å². The minimum absolute atomic E-state index is 0.0503. The number of hydrogen-bond acceptors (Lipinski definition) is 5. The average molecular weight is 359 g/mol. The van der Waals surface area contributed by atoms with Gasteiger partial charge >= 0.3 is 5.97 Å². The number of fused-ring (bicyclic) bond motifs is 1. The number of nitrogens with zero attached hydrogens (tertiary/aromatic N) is 1. The fourth-order valence-corrected chi connectivity index (χ4v) is 3.74. The van der Waals surface area contributed by atoms with Crippen molar-refractivity contribution in [2.75, 3.05) is 13.2 Å². The highest BCUT2D eigenvalue weighted by Gasteiger charge is 2.44. The smallest absolute Gasteiger partial charge is 0.328 e. The molecule has 1 fully saturated rings. The first kappa shape index (κ1) is 18.4. The average Bonchev–Trinajstić information content (AvgIpc) is 2.75. The first-order valence-electron chi connectivity index (χ1n) is 9.14. The molecule has 1 aromatic rings. The van der Waals surface area contributed by atoms with Crippen LogP contribution in [0.15, 0.2) is 18.2 Å². The molecule has 26 heavy (non-hydrogen) atoms. The second-order valence-electron chi connectivity index (χ2n) is 7.15. The minimum atomic E-state index is -0.682. The third-order valence-electron chi connectivity index (χ3n) is 5.26. The number of carbonyl (C=O) groups is 3. The van der Waals surface area contributed by atoms with Gasteiger partial charge in [-0.15, -0.1) is 0 Å². The summed E-state index contributed by atoms with van der Waals surface area (Å²) in [5.74, 6) is 0.131. The number of benzene rings is 1. The molecule has 0 saturated carbocycles. The van der Waals surface area contributed by atoms with Gasteiger partial charge in [-0.2, -0.15) is 0 Å². The van der Waals surface area contributed by atoms with E-state index in [1.54, 1.807) is 18.7 Å². The molecule has 140 valence electrons. The van der Waals surface area contributed by atoms with Crippen LogP contribution in [0.2, 0.25) is 0 Å². The van der Waals surface area contributed by atoms with Crippen molar-refractivity contribution in [3.63, 3.8) is 0 Å². The molecule has 0 bridgehead atoms. The standard InChI is InChI=1S/C20H25NO5/c1-4-25-19(24)14(3)21-10-9-20(8-7-18(21)23)12-16(22)15-11-13(2)5-6-17(15)26-20/h5-6,11,14H,4,7-10,12H2,1-3H3. The van der Waals surface area contributed by atoms with Crippen molar-refractivity contribution in [3.05, 3.63) is 29.3 Å². The van der Waals surface area contributed by atoms with E-state index in [0.717, 1.165) is 5.56 Å². The van der Waals surface area contributed by atoms with Gasteiger partial charge in [-0.25, -0.2) is 4.79 Å². The van der Waals surface area contributed by atoms with Crippen LogP contribution in [-0.4, -0.2) is 47.4 Å². The summed E-state index contributed by atoms with van der Waals surface area (Å²) in [4.78, 5) is 38.8. The summed E-state index contributed by atoms with van der Waals surface area (Å²) >= 11 is 0. The van der Waals surface area contributed by atoms with Crippen LogP contribution in [0, 0.1) is 6.92 Å². The van der Waals surface area contributed by atoms with Gasteiger partial charge < -0.3 is 14.4 Å². The van der Waals surface area contributed by atoms with Crippen molar-refractivity contribution >= 4 is 17.7 Å². The maximum absolute atomic E-state index is 12.7. The lowest BCUT2D eigenvalue weighted by Gasteiger charge is -2.37. The number of aryl methyl sites for hydroxylation is 1. The second kappa shape index (κ2) is 7.09. The van der Waals surface area contributed by atoms with Gasteiger partial charge in [-0.05, 0) is 39.3 Å². The molecule has 0 radical (unpaired) electrons. The summed E-state index contributed by atoms with van der Waals surface area (Å²) in [5, 5.41) is 0. The van der Waals surface area contributed by atoms with Gasteiger partial charge in [0.2, 0.25) is 5.91 Å². The molecule has 0 aliphatic carbocycles. The Morgan fingerprint density at radius 1 is 1.35 bits per heavy atom. The molecule has 1 aromatic carbocycles. The van der Waals surface area contributed by atoms with Crippen molar-refractivity contribution in [2.45, 2.75) is 58.1 Å². The molecular formula is C20H25NO5. The Morgan fingerprint density at radius 2 is 2.12 bits per heavy atom.